The summed E-state index contributed by atoms with van der Waals surface area (Å²) in [7, 11) is 1.80. The lowest BCUT2D eigenvalue weighted by Gasteiger charge is -2.24. The Morgan fingerprint density at radius 2 is 1.95 bits per heavy atom. The third-order valence-electron chi connectivity index (χ3n) is 4.30. The SMILES string of the molecule is CNC1(C(N)=O)CCC(Sc2nc(C)c(C)c(C)n2)C1. The zero-order valence-corrected chi connectivity index (χ0v) is 13.3. The van der Waals surface area contributed by atoms with Gasteiger partial charge in [0.05, 0.1) is 5.54 Å². The van der Waals surface area contributed by atoms with Crippen LogP contribution in [-0.4, -0.2) is 33.7 Å². The van der Waals surface area contributed by atoms with Crippen molar-refractivity contribution in [2.24, 2.45) is 5.73 Å². The largest absolute Gasteiger partial charge is 0.368 e. The molecule has 1 amide bonds. The molecule has 2 rings (SSSR count). The van der Waals surface area contributed by atoms with Crippen molar-refractivity contribution in [2.45, 2.75) is 56.0 Å². The Labute approximate surface area is 124 Å². The number of carbonyl (C=O) groups is 1. The molecule has 0 saturated heterocycles. The predicted octanol–water partition coefficient (Wildman–Crippen LogP) is 1.49. The van der Waals surface area contributed by atoms with E-state index in [9.17, 15) is 4.79 Å². The van der Waals surface area contributed by atoms with Gasteiger partial charge >= 0.3 is 0 Å². The molecule has 0 radical (unpaired) electrons. The molecular weight excluding hydrogens is 272 g/mol. The van der Waals surface area contributed by atoms with Crippen LogP contribution in [0, 0.1) is 20.8 Å². The van der Waals surface area contributed by atoms with E-state index in [0.29, 0.717) is 5.25 Å². The molecule has 1 aromatic rings. The second kappa shape index (κ2) is 5.69. The van der Waals surface area contributed by atoms with Crippen molar-refractivity contribution < 1.29 is 4.79 Å². The fourth-order valence-electron chi connectivity index (χ4n) is 2.62. The Kier molecular flexibility index (Phi) is 4.34. The number of hydrogen-bond donors (Lipinski definition) is 2. The van der Waals surface area contributed by atoms with Crippen molar-refractivity contribution in [2.75, 3.05) is 7.05 Å². The van der Waals surface area contributed by atoms with Gasteiger partial charge in [0.1, 0.15) is 0 Å². The maximum atomic E-state index is 11.6. The number of nitrogens with zero attached hydrogens (tertiary/aromatic N) is 2. The third-order valence-corrected chi connectivity index (χ3v) is 5.43. The molecule has 2 atom stereocenters. The minimum atomic E-state index is -0.563. The first-order valence-electron chi connectivity index (χ1n) is 6.85. The molecule has 1 heterocycles. The van der Waals surface area contributed by atoms with Crippen LogP contribution in [-0.2, 0) is 4.79 Å². The number of amides is 1. The maximum absolute atomic E-state index is 11.6. The highest BCUT2D eigenvalue weighted by molar-refractivity contribution is 7.99. The van der Waals surface area contributed by atoms with E-state index in [4.69, 9.17) is 5.73 Å². The van der Waals surface area contributed by atoms with Crippen molar-refractivity contribution in [3.63, 3.8) is 0 Å². The monoisotopic (exact) mass is 294 g/mol. The van der Waals surface area contributed by atoms with Crippen molar-refractivity contribution in [1.82, 2.24) is 15.3 Å². The second-order valence-corrected chi connectivity index (χ2v) is 6.75. The number of aryl methyl sites for hydroxylation is 2. The summed E-state index contributed by atoms with van der Waals surface area (Å²) in [5.41, 5.74) is 8.15. The van der Waals surface area contributed by atoms with Gasteiger partial charge in [-0.1, -0.05) is 11.8 Å². The molecule has 1 fully saturated rings. The van der Waals surface area contributed by atoms with Crippen LogP contribution in [0.5, 0.6) is 0 Å². The first-order valence-corrected chi connectivity index (χ1v) is 7.73. The molecule has 3 N–H and O–H groups in total. The Bertz CT molecular complexity index is 511. The fourth-order valence-corrected chi connectivity index (χ4v) is 3.90. The lowest BCUT2D eigenvalue weighted by Crippen LogP contribution is -2.52. The molecule has 0 aromatic carbocycles. The topological polar surface area (TPSA) is 80.9 Å². The maximum Gasteiger partial charge on any atom is 0.237 e. The summed E-state index contributed by atoms with van der Waals surface area (Å²) in [6.07, 6.45) is 2.46. The zero-order valence-electron chi connectivity index (χ0n) is 12.5. The van der Waals surface area contributed by atoms with Crippen LogP contribution < -0.4 is 11.1 Å². The highest BCUT2D eigenvalue weighted by Gasteiger charge is 2.43. The predicted molar refractivity (Wildman–Crippen MR) is 80.7 cm³/mol. The van der Waals surface area contributed by atoms with Gasteiger partial charge in [-0.3, -0.25) is 4.79 Å². The Morgan fingerprint density at radius 3 is 2.40 bits per heavy atom. The van der Waals surface area contributed by atoms with Gasteiger partial charge in [0.2, 0.25) is 5.91 Å². The van der Waals surface area contributed by atoms with E-state index >= 15 is 0 Å². The highest BCUT2D eigenvalue weighted by atomic mass is 32.2. The van der Waals surface area contributed by atoms with Gasteiger partial charge in [-0.2, -0.15) is 0 Å². The van der Waals surface area contributed by atoms with Crippen LogP contribution in [0.1, 0.15) is 36.2 Å². The second-order valence-electron chi connectivity index (χ2n) is 5.48. The van der Waals surface area contributed by atoms with Crippen molar-refractivity contribution >= 4 is 17.7 Å². The van der Waals surface area contributed by atoms with Crippen molar-refractivity contribution in [3.05, 3.63) is 17.0 Å². The smallest absolute Gasteiger partial charge is 0.237 e. The standard InChI is InChI=1S/C14H22N4OS/c1-8-9(2)17-13(18-10(8)3)20-11-5-6-14(7-11,16-4)12(15)19/h11,16H,5-7H2,1-4H3,(H2,15,19). The number of rotatable bonds is 4. The summed E-state index contributed by atoms with van der Waals surface area (Å²) >= 11 is 1.65. The molecule has 0 spiro atoms. The summed E-state index contributed by atoms with van der Waals surface area (Å²) < 4.78 is 0. The van der Waals surface area contributed by atoms with Gasteiger partial charge in [0.15, 0.2) is 5.16 Å². The Morgan fingerprint density at radius 1 is 1.35 bits per heavy atom. The number of hydrogen-bond acceptors (Lipinski definition) is 5. The molecule has 20 heavy (non-hydrogen) atoms. The molecule has 1 aliphatic carbocycles. The first kappa shape index (κ1) is 15.3. The zero-order chi connectivity index (χ0) is 14.9. The molecule has 6 heteroatoms. The minimum absolute atomic E-state index is 0.264. The number of aromatic nitrogens is 2. The summed E-state index contributed by atoms with van der Waals surface area (Å²) in [4.78, 5) is 20.7. The summed E-state index contributed by atoms with van der Waals surface area (Å²) in [5, 5.41) is 4.22. The average Bonchev–Trinajstić information content (AvgIpc) is 2.80. The van der Waals surface area contributed by atoms with Crippen LogP contribution >= 0.6 is 11.8 Å². The number of nitrogens with two attached hydrogens (primary N) is 1. The van der Waals surface area contributed by atoms with E-state index in [1.54, 1.807) is 18.8 Å². The van der Waals surface area contributed by atoms with E-state index < -0.39 is 5.54 Å². The lowest BCUT2D eigenvalue weighted by molar-refractivity contribution is -0.124. The molecule has 1 aromatic heterocycles. The van der Waals surface area contributed by atoms with Crippen LogP contribution in [0.3, 0.4) is 0 Å². The van der Waals surface area contributed by atoms with Gasteiger partial charge < -0.3 is 11.1 Å². The van der Waals surface area contributed by atoms with E-state index in [1.165, 1.54) is 0 Å². The van der Waals surface area contributed by atoms with E-state index in [2.05, 4.69) is 15.3 Å². The molecule has 110 valence electrons. The van der Waals surface area contributed by atoms with E-state index in [1.807, 2.05) is 20.8 Å². The van der Waals surface area contributed by atoms with Gasteiger partial charge in [-0.25, -0.2) is 9.97 Å². The summed E-state index contributed by atoms with van der Waals surface area (Å²) in [5.74, 6) is -0.264. The summed E-state index contributed by atoms with van der Waals surface area (Å²) in [6, 6.07) is 0. The highest BCUT2D eigenvalue weighted by Crippen LogP contribution is 2.39. The molecule has 1 saturated carbocycles. The normalized spacial score (nSPS) is 25.9. The Balaban J connectivity index is 2.11. The van der Waals surface area contributed by atoms with Crippen molar-refractivity contribution in [3.8, 4) is 0 Å². The summed E-state index contributed by atoms with van der Waals surface area (Å²) in [6.45, 7) is 6.04. The molecule has 2 unspecified atom stereocenters. The van der Waals surface area contributed by atoms with Crippen LogP contribution in [0.25, 0.3) is 0 Å². The quantitative estimate of drug-likeness (QED) is 0.822. The van der Waals surface area contributed by atoms with E-state index in [-0.39, 0.29) is 5.91 Å². The fraction of sp³-hybridized carbons (Fsp3) is 0.643. The van der Waals surface area contributed by atoms with E-state index in [0.717, 1.165) is 41.4 Å². The van der Waals surface area contributed by atoms with Gasteiger partial charge in [-0.05, 0) is 52.6 Å². The number of thioether (sulfide) groups is 1. The lowest BCUT2D eigenvalue weighted by atomic mass is 9.97. The van der Waals surface area contributed by atoms with Crippen LogP contribution in [0.15, 0.2) is 5.16 Å². The molecular formula is C14H22N4OS. The first-order chi connectivity index (χ1) is 9.38. The Hall–Kier alpha value is -1.14. The number of carbonyl (C=O) groups excluding carboxylic acids is 1. The molecule has 1 aliphatic rings. The third kappa shape index (κ3) is 2.81. The van der Waals surface area contributed by atoms with Crippen LogP contribution in [0.4, 0.5) is 0 Å². The van der Waals surface area contributed by atoms with Gasteiger partial charge in [0, 0.05) is 16.6 Å². The van der Waals surface area contributed by atoms with Crippen LogP contribution in [0.2, 0.25) is 0 Å². The van der Waals surface area contributed by atoms with Crippen molar-refractivity contribution in [1.29, 1.82) is 0 Å². The van der Waals surface area contributed by atoms with Gasteiger partial charge in [-0.15, -0.1) is 0 Å². The van der Waals surface area contributed by atoms with Gasteiger partial charge in [0.25, 0.3) is 0 Å². The molecule has 0 bridgehead atoms. The molecule has 0 aliphatic heterocycles. The minimum Gasteiger partial charge on any atom is -0.368 e. The number of likely N-dealkylation sites (N-methyl/N-ethyl adjacent to an activating group) is 1. The number of nitrogens with one attached hydrogen (secondary N) is 1. The number of primary amides is 1. The molecule has 5 nitrogen and oxygen atoms in total. The average molecular weight is 294 g/mol.